The third kappa shape index (κ3) is 4.32. The van der Waals surface area contributed by atoms with Crippen LogP contribution in [0.2, 0.25) is 0 Å². The van der Waals surface area contributed by atoms with Crippen LogP contribution in [-0.2, 0) is 14.3 Å². The number of fused-ring (bicyclic) bond motifs is 1. The van der Waals surface area contributed by atoms with E-state index in [2.05, 4.69) is 12.2 Å². The molecule has 27 heavy (non-hydrogen) atoms. The molecule has 4 nitrogen and oxygen atoms in total. The molecular formula is C21H29F2NO3. The molecule has 0 spiro atoms. The molecule has 0 bridgehead atoms. The predicted molar refractivity (Wildman–Crippen MR) is 98.1 cm³/mol. The van der Waals surface area contributed by atoms with Crippen molar-refractivity contribution in [3.8, 4) is 0 Å². The van der Waals surface area contributed by atoms with Crippen LogP contribution in [0.3, 0.4) is 0 Å². The second-order valence-electron chi connectivity index (χ2n) is 8.24. The maximum Gasteiger partial charge on any atom is 0.222 e. The van der Waals surface area contributed by atoms with Crippen molar-refractivity contribution in [2.75, 3.05) is 13.7 Å². The van der Waals surface area contributed by atoms with Crippen molar-refractivity contribution >= 4 is 5.91 Å². The molecule has 2 aliphatic rings. The van der Waals surface area contributed by atoms with Gasteiger partial charge in [-0.1, -0.05) is 19.4 Å². The Bertz CT molecular complexity index is 663. The Morgan fingerprint density at radius 1 is 1.33 bits per heavy atom. The van der Waals surface area contributed by atoms with Crippen molar-refractivity contribution in [2.45, 2.75) is 63.7 Å². The highest BCUT2D eigenvalue weighted by molar-refractivity contribution is 5.77. The summed E-state index contributed by atoms with van der Waals surface area (Å²) in [7, 11) is 1.55. The first kappa shape index (κ1) is 20.2. The fourth-order valence-corrected chi connectivity index (χ4v) is 4.71. The highest BCUT2D eigenvalue weighted by Gasteiger charge is 2.50. The van der Waals surface area contributed by atoms with E-state index in [-0.39, 0.29) is 29.9 Å². The molecule has 1 aliphatic carbocycles. The van der Waals surface area contributed by atoms with E-state index in [4.69, 9.17) is 9.47 Å². The molecule has 0 unspecified atom stereocenters. The lowest BCUT2D eigenvalue weighted by atomic mass is 9.66. The van der Waals surface area contributed by atoms with Gasteiger partial charge in [0.1, 0.15) is 11.6 Å². The Kier molecular flexibility index (Phi) is 6.16. The molecule has 1 saturated carbocycles. The number of hydrogen-bond donors (Lipinski definition) is 1. The number of hydrogen-bond acceptors (Lipinski definition) is 3. The minimum Gasteiger partial charge on any atom is -0.384 e. The predicted octanol–water partition coefficient (Wildman–Crippen LogP) is 4.14. The Labute approximate surface area is 159 Å². The quantitative estimate of drug-likeness (QED) is 0.834. The molecule has 1 aliphatic heterocycles. The molecular weight excluding hydrogens is 352 g/mol. The van der Waals surface area contributed by atoms with Gasteiger partial charge in [0.05, 0.1) is 24.4 Å². The van der Waals surface area contributed by atoms with Gasteiger partial charge in [0.25, 0.3) is 0 Å². The lowest BCUT2D eigenvalue weighted by Gasteiger charge is -2.52. The molecule has 150 valence electrons. The summed E-state index contributed by atoms with van der Waals surface area (Å²) in [5.41, 5.74) is -0.612. The monoisotopic (exact) mass is 381 g/mol. The number of methoxy groups -OCH3 is 1. The summed E-state index contributed by atoms with van der Waals surface area (Å²) < 4.78 is 40.0. The highest BCUT2D eigenvalue weighted by atomic mass is 19.1. The first-order valence-electron chi connectivity index (χ1n) is 9.73. The molecule has 1 aromatic carbocycles. The second kappa shape index (κ2) is 8.23. The number of amides is 1. The van der Waals surface area contributed by atoms with Crippen LogP contribution in [-0.4, -0.2) is 31.3 Å². The van der Waals surface area contributed by atoms with E-state index in [9.17, 15) is 13.6 Å². The molecule has 1 N–H and O–H groups in total. The van der Waals surface area contributed by atoms with Crippen molar-refractivity contribution in [1.82, 2.24) is 5.32 Å². The Hall–Kier alpha value is -1.53. The van der Waals surface area contributed by atoms with E-state index in [0.29, 0.717) is 18.9 Å². The van der Waals surface area contributed by atoms with E-state index in [1.165, 1.54) is 18.2 Å². The molecule has 0 aromatic heterocycles. The smallest absolute Gasteiger partial charge is 0.222 e. The van der Waals surface area contributed by atoms with E-state index >= 15 is 0 Å². The van der Waals surface area contributed by atoms with Crippen LogP contribution < -0.4 is 5.32 Å². The number of benzene rings is 1. The van der Waals surface area contributed by atoms with Gasteiger partial charge in [0.2, 0.25) is 5.91 Å². The maximum absolute atomic E-state index is 14.4. The van der Waals surface area contributed by atoms with Gasteiger partial charge in [-0.15, -0.1) is 0 Å². The number of rotatable bonds is 5. The standard InChI is InChI=1S/C21H29F2NO3/c1-13-7-8-14-17(11-13)27-18(20-15(22)5-4-6-16(20)23)12-21(14,2)24-19(25)9-10-26-3/h4-6,13-14,17-18H,7-12H2,1-3H3,(H,24,25)/t13-,14-,17-,18-,21-/m1/s1. The van der Waals surface area contributed by atoms with Gasteiger partial charge >= 0.3 is 0 Å². The van der Waals surface area contributed by atoms with Crippen LogP contribution in [0, 0.1) is 23.5 Å². The highest BCUT2D eigenvalue weighted by Crippen LogP contribution is 2.48. The van der Waals surface area contributed by atoms with Crippen LogP contribution in [0.5, 0.6) is 0 Å². The van der Waals surface area contributed by atoms with Gasteiger partial charge in [-0.3, -0.25) is 4.79 Å². The van der Waals surface area contributed by atoms with Crippen LogP contribution in [0.15, 0.2) is 18.2 Å². The van der Waals surface area contributed by atoms with Gasteiger partial charge in [0.15, 0.2) is 0 Å². The molecule has 1 amide bonds. The lowest BCUT2D eigenvalue weighted by molar-refractivity contribution is -0.155. The van der Waals surface area contributed by atoms with Crippen molar-refractivity contribution in [2.24, 2.45) is 11.8 Å². The zero-order valence-electron chi connectivity index (χ0n) is 16.3. The maximum atomic E-state index is 14.4. The number of halogens is 2. The zero-order chi connectivity index (χ0) is 19.6. The van der Waals surface area contributed by atoms with Gasteiger partial charge < -0.3 is 14.8 Å². The van der Waals surface area contributed by atoms with Crippen molar-refractivity contribution in [3.05, 3.63) is 35.4 Å². The SMILES string of the molecule is COCCC(=O)N[C@]1(C)C[C@H](c2c(F)cccc2F)O[C@@H]2C[C@H](C)CC[C@H]21. The number of nitrogens with one attached hydrogen (secondary N) is 1. The first-order valence-corrected chi connectivity index (χ1v) is 9.73. The molecule has 1 saturated heterocycles. The number of carbonyl (C=O) groups is 1. The third-order valence-electron chi connectivity index (χ3n) is 6.10. The Morgan fingerprint density at radius 3 is 2.70 bits per heavy atom. The summed E-state index contributed by atoms with van der Waals surface area (Å²) in [4.78, 5) is 12.4. The summed E-state index contributed by atoms with van der Waals surface area (Å²) in [6, 6.07) is 3.87. The summed E-state index contributed by atoms with van der Waals surface area (Å²) in [6.07, 6.45) is 2.59. The average molecular weight is 381 g/mol. The largest absolute Gasteiger partial charge is 0.384 e. The van der Waals surface area contributed by atoms with Crippen molar-refractivity contribution in [3.63, 3.8) is 0 Å². The minimum absolute atomic E-state index is 0.0356. The van der Waals surface area contributed by atoms with Crippen molar-refractivity contribution in [1.29, 1.82) is 0 Å². The molecule has 2 fully saturated rings. The van der Waals surface area contributed by atoms with E-state index in [1.807, 2.05) is 6.92 Å². The van der Waals surface area contributed by atoms with Gasteiger partial charge in [-0.25, -0.2) is 8.78 Å². The molecule has 5 atom stereocenters. The van der Waals surface area contributed by atoms with Crippen LogP contribution in [0.25, 0.3) is 0 Å². The zero-order valence-corrected chi connectivity index (χ0v) is 16.3. The summed E-state index contributed by atoms with van der Waals surface area (Å²) in [5, 5.41) is 3.14. The minimum atomic E-state index is -0.717. The lowest BCUT2D eigenvalue weighted by Crippen LogP contribution is -2.60. The van der Waals surface area contributed by atoms with Crippen molar-refractivity contribution < 1.29 is 23.0 Å². The fraction of sp³-hybridized carbons (Fsp3) is 0.667. The summed E-state index contributed by atoms with van der Waals surface area (Å²) in [5.74, 6) is -0.688. The molecule has 1 aromatic rings. The Balaban J connectivity index is 1.89. The van der Waals surface area contributed by atoms with E-state index in [0.717, 1.165) is 19.3 Å². The van der Waals surface area contributed by atoms with Gasteiger partial charge in [-0.2, -0.15) is 0 Å². The normalized spacial score (nSPS) is 33.4. The molecule has 1 heterocycles. The van der Waals surface area contributed by atoms with Gasteiger partial charge in [0, 0.05) is 31.4 Å². The molecule has 0 radical (unpaired) electrons. The number of carbonyl (C=O) groups excluding carboxylic acids is 1. The molecule has 3 rings (SSSR count). The average Bonchev–Trinajstić information content (AvgIpc) is 2.59. The third-order valence-corrected chi connectivity index (χ3v) is 6.10. The number of ether oxygens (including phenoxy) is 2. The summed E-state index contributed by atoms with van der Waals surface area (Å²) in [6.45, 7) is 4.50. The fourth-order valence-electron chi connectivity index (χ4n) is 4.71. The van der Waals surface area contributed by atoms with E-state index in [1.54, 1.807) is 7.11 Å². The van der Waals surface area contributed by atoms with Crippen LogP contribution in [0.4, 0.5) is 8.78 Å². The topological polar surface area (TPSA) is 47.6 Å². The van der Waals surface area contributed by atoms with Crippen LogP contribution >= 0.6 is 0 Å². The van der Waals surface area contributed by atoms with Gasteiger partial charge in [-0.05, 0) is 37.8 Å². The summed E-state index contributed by atoms with van der Waals surface area (Å²) >= 11 is 0. The molecule has 6 heteroatoms. The Morgan fingerprint density at radius 2 is 2.04 bits per heavy atom. The first-order chi connectivity index (χ1) is 12.8. The second-order valence-corrected chi connectivity index (χ2v) is 8.24. The van der Waals surface area contributed by atoms with Crippen LogP contribution in [0.1, 0.15) is 57.6 Å². The van der Waals surface area contributed by atoms with E-state index < -0.39 is 23.3 Å².